The molecule has 0 radical (unpaired) electrons. The first kappa shape index (κ1) is 12.9. The zero-order valence-corrected chi connectivity index (χ0v) is 9.07. The third-order valence-electron chi connectivity index (χ3n) is 1.57. The van der Waals surface area contributed by atoms with Crippen molar-refractivity contribution in [1.29, 1.82) is 0 Å². The Kier molecular flexibility index (Phi) is 4.87. The summed E-state index contributed by atoms with van der Waals surface area (Å²) in [7, 11) is -9.27. The third kappa shape index (κ3) is 4.58. The molecule has 13 heavy (non-hydrogen) atoms. The van der Waals surface area contributed by atoms with E-state index in [-0.39, 0.29) is 6.42 Å². The smallest absolute Gasteiger partial charge is 0.274 e. The van der Waals surface area contributed by atoms with E-state index >= 15 is 0 Å². The summed E-state index contributed by atoms with van der Waals surface area (Å²) in [5.41, 5.74) is 0. The van der Waals surface area contributed by atoms with Crippen LogP contribution < -0.4 is 0 Å². The van der Waals surface area contributed by atoms with Crippen molar-refractivity contribution in [2.45, 2.75) is 32.6 Å². The maximum atomic E-state index is 10.8. The van der Waals surface area contributed by atoms with Crippen molar-refractivity contribution in [2.75, 3.05) is 5.75 Å². The molecule has 0 atom stereocenters. The lowest BCUT2D eigenvalue weighted by atomic mass is 10.2. The summed E-state index contributed by atoms with van der Waals surface area (Å²) in [5, 5.41) is 0. The second kappa shape index (κ2) is 4.92. The van der Waals surface area contributed by atoms with Gasteiger partial charge in [-0.2, -0.15) is 8.42 Å². The van der Waals surface area contributed by atoms with Gasteiger partial charge in [-0.1, -0.05) is 26.2 Å². The Labute approximate surface area is 78.2 Å². The van der Waals surface area contributed by atoms with Gasteiger partial charge in [0.1, 0.15) is 0 Å². The molecule has 80 valence electrons. The van der Waals surface area contributed by atoms with Crippen LogP contribution in [0.15, 0.2) is 0 Å². The minimum Gasteiger partial charge on any atom is -0.274 e. The second-order valence-electron chi connectivity index (χ2n) is 2.75. The van der Waals surface area contributed by atoms with Crippen LogP contribution in [0.4, 0.5) is 0 Å². The summed E-state index contributed by atoms with van der Waals surface area (Å²) in [6.45, 7) is 1.96. The van der Waals surface area contributed by atoms with Crippen LogP contribution in [0.2, 0.25) is 0 Å². The fourth-order valence-corrected chi connectivity index (χ4v) is 2.56. The normalized spacial score (nSPS) is 13.1. The monoisotopic (exact) mass is 230 g/mol. The average Bonchev–Trinajstić information content (AvgIpc) is 1.96. The molecule has 0 bridgehead atoms. The van der Waals surface area contributed by atoms with Crippen molar-refractivity contribution in [1.82, 2.24) is 0 Å². The van der Waals surface area contributed by atoms with Gasteiger partial charge in [-0.25, -0.2) is 8.42 Å². The van der Waals surface area contributed by atoms with E-state index in [4.69, 9.17) is 4.55 Å². The van der Waals surface area contributed by atoms with Crippen LogP contribution in [0.1, 0.15) is 32.6 Å². The van der Waals surface area contributed by atoms with E-state index in [0.717, 1.165) is 12.8 Å². The summed E-state index contributed by atoms with van der Waals surface area (Å²) < 4.78 is 50.4. The van der Waals surface area contributed by atoms with Gasteiger partial charge in [-0.3, -0.25) is 4.55 Å². The van der Waals surface area contributed by atoms with Gasteiger partial charge in [0, 0.05) is 0 Å². The van der Waals surface area contributed by atoms with Crippen molar-refractivity contribution < 1.29 is 21.4 Å². The van der Waals surface area contributed by atoms with Crippen LogP contribution in [-0.4, -0.2) is 27.1 Å². The Bertz CT molecular complexity index is 326. The van der Waals surface area contributed by atoms with Crippen LogP contribution in [-0.2, 0) is 18.0 Å². The summed E-state index contributed by atoms with van der Waals surface area (Å²) in [4.78, 5) is 0. The molecule has 5 nitrogen and oxygen atoms in total. The summed E-state index contributed by atoms with van der Waals surface area (Å²) in [5.74, 6) is -0.494. The fourth-order valence-electron chi connectivity index (χ4n) is 0.811. The van der Waals surface area contributed by atoms with Crippen LogP contribution in [0.3, 0.4) is 0 Å². The van der Waals surface area contributed by atoms with Gasteiger partial charge in [-0.15, -0.1) is 0 Å². The number of unbranched alkanes of at least 4 members (excludes halogenated alkanes) is 3. The molecule has 0 saturated heterocycles. The first-order valence-corrected chi connectivity index (χ1v) is 7.62. The highest BCUT2D eigenvalue weighted by atomic mass is 33.2. The Balaban J connectivity index is 4.08. The fraction of sp³-hybridized carbons (Fsp3) is 1.00. The predicted octanol–water partition coefficient (Wildman–Crippen LogP) is 0.784. The molecular weight excluding hydrogens is 216 g/mol. The quantitative estimate of drug-likeness (QED) is 0.414. The van der Waals surface area contributed by atoms with Gasteiger partial charge in [0.25, 0.3) is 8.87 Å². The maximum absolute atomic E-state index is 10.8. The molecular formula is C6H14O5S2. The van der Waals surface area contributed by atoms with Crippen LogP contribution in [0.25, 0.3) is 0 Å². The lowest BCUT2D eigenvalue weighted by Gasteiger charge is -1.99. The summed E-state index contributed by atoms with van der Waals surface area (Å²) in [6.07, 6.45) is 2.73. The minimum atomic E-state index is -4.92. The standard InChI is InChI=1S/C6H14O5S2/c1-2-3-4-5-6-12(7,8)13(9,10)11/h2-6H2,1H3,(H,9,10,11). The Morgan fingerprint density at radius 2 is 1.54 bits per heavy atom. The molecule has 0 fully saturated rings. The largest absolute Gasteiger partial charge is 0.372 e. The van der Waals surface area contributed by atoms with Crippen LogP contribution >= 0.6 is 0 Å². The van der Waals surface area contributed by atoms with Gasteiger partial charge in [-0.05, 0) is 6.42 Å². The molecule has 0 aliphatic rings. The maximum Gasteiger partial charge on any atom is 0.372 e. The van der Waals surface area contributed by atoms with Crippen molar-refractivity contribution in [3.8, 4) is 0 Å². The van der Waals surface area contributed by atoms with E-state index in [0.29, 0.717) is 6.42 Å². The summed E-state index contributed by atoms with van der Waals surface area (Å²) in [6, 6.07) is 0. The Hall–Kier alpha value is -0.140. The topological polar surface area (TPSA) is 88.5 Å². The molecule has 0 aromatic rings. The molecule has 0 heterocycles. The van der Waals surface area contributed by atoms with E-state index < -0.39 is 23.8 Å². The van der Waals surface area contributed by atoms with Gasteiger partial charge < -0.3 is 0 Å². The lowest BCUT2D eigenvalue weighted by Crippen LogP contribution is -2.17. The highest BCUT2D eigenvalue weighted by molar-refractivity contribution is 8.64. The number of rotatable bonds is 6. The van der Waals surface area contributed by atoms with E-state index in [2.05, 4.69) is 0 Å². The predicted molar refractivity (Wildman–Crippen MR) is 49.5 cm³/mol. The molecule has 0 amide bonds. The second-order valence-corrected chi connectivity index (χ2v) is 7.92. The van der Waals surface area contributed by atoms with Crippen molar-refractivity contribution in [2.24, 2.45) is 0 Å². The molecule has 0 aromatic heterocycles. The Morgan fingerprint density at radius 3 is 1.92 bits per heavy atom. The molecule has 0 saturated carbocycles. The van der Waals surface area contributed by atoms with E-state index in [1.807, 2.05) is 6.92 Å². The summed E-state index contributed by atoms with van der Waals surface area (Å²) >= 11 is 0. The number of hydrogen-bond acceptors (Lipinski definition) is 4. The zero-order chi connectivity index (χ0) is 10.5. The first-order chi connectivity index (χ1) is 5.81. The van der Waals surface area contributed by atoms with E-state index in [1.54, 1.807) is 0 Å². The molecule has 0 unspecified atom stereocenters. The zero-order valence-electron chi connectivity index (χ0n) is 7.43. The van der Waals surface area contributed by atoms with Crippen molar-refractivity contribution in [3.63, 3.8) is 0 Å². The molecule has 0 rings (SSSR count). The molecule has 1 N–H and O–H groups in total. The van der Waals surface area contributed by atoms with Crippen LogP contribution in [0, 0.1) is 0 Å². The van der Waals surface area contributed by atoms with Gasteiger partial charge >= 0.3 is 9.15 Å². The van der Waals surface area contributed by atoms with Crippen molar-refractivity contribution in [3.05, 3.63) is 0 Å². The average molecular weight is 230 g/mol. The van der Waals surface area contributed by atoms with Crippen molar-refractivity contribution >= 4 is 18.0 Å². The molecule has 0 aromatic carbocycles. The lowest BCUT2D eigenvalue weighted by molar-refractivity contribution is 0.492. The third-order valence-corrected chi connectivity index (χ3v) is 5.42. The number of hydrogen-bond donors (Lipinski definition) is 1. The highest BCUT2D eigenvalue weighted by Crippen LogP contribution is 2.06. The molecule has 7 heteroatoms. The van der Waals surface area contributed by atoms with Crippen LogP contribution in [0.5, 0.6) is 0 Å². The van der Waals surface area contributed by atoms with Gasteiger partial charge in [0.05, 0.1) is 5.75 Å². The van der Waals surface area contributed by atoms with Gasteiger partial charge in [0.15, 0.2) is 0 Å². The SMILES string of the molecule is CCCCCCS(=O)(=O)S(=O)(=O)O. The molecule has 0 aliphatic carbocycles. The van der Waals surface area contributed by atoms with E-state index in [9.17, 15) is 16.8 Å². The Morgan fingerprint density at radius 1 is 1.00 bits per heavy atom. The molecule has 0 spiro atoms. The first-order valence-electron chi connectivity index (χ1n) is 4.01. The molecule has 0 aliphatic heterocycles. The van der Waals surface area contributed by atoms with Gasteiger partial charge in [0.2, 0.25) is 0 Å². The minimum absolute atomic E-state index is 0.274. The van der Waals surface area contributed by atoms with E-state index in [1.165, 1.54) is 0 Å². The highest BCUT2D eigenvalue weighted by Gasteiger charge is 2.25.